The molecule has 3 rings (SSSR count). The van der Waals surface area contributed by atoms with E-state index in [9.17, 15) is 14.4 Å². The molecule has 0 radical (unpaired) electrons. The molecule has 1 aromatic heterocycles. The van der Waals surface area contributed by atoms with Crippen molar-refractivity contribution < 1.29 is 14.4 Å². The van der Waals surface area contributed by atoms with Gasteiger partial charge in [-0.1, -0.05) is 0 Å². The van der Waals surface area contributed by atoms with Crippen molar-refractivity contribution >= 4 is 23.4 Å². The van der Waals surface area contributed by atoms with Crippen LogP contribution in [0, 0.1) is 13.8 Å². The molecule has 0 aliphatic carbocycles. The largest absolute Gasteiger partial charge is 0.366 e. The van der Waals surface area contributed by atoms with E-state index in [0.717, 1.165) is 17.1 Å². The molecule has 1 heterocycles. The molecule has 5 N–H and O–H groups in total. The summed E-state index contributed by atoms with van der Waals surface area (Å²) in [5.74, 6) is -1.86. The van der Waals surface area contributed by atoms with E-state index in [0.29, 0.717) is 5.56 Å². The van der Waals surface area contributed by atoms with Gasteiger partial charge in [0.05, 0.1) is 11.4 Å². The minimum Gasteiger partial charge on any atom is -0.366 e. The topological polar surface area (TPSA) is 133 Å². The van der Waals surface area contributed by atoms with Crippen molar-refractivity contribution in [2.45, 2.75) is 13.8 Å². The molecule has 0 saturated heterocycles. The number of aryl methyl sites for hydroxylation is 2. The summed E-state index contributed by atoms with van der Waals surface area (Å²) in [6.07, 6.45) is 0. The van der Waals surface area contributed by atoms with E-state index in [1.165, 1.54) is 18.2 Å². The lowest BCUT2D eigenvalue weighted by molar-refractivity contribution is 0.0994. The van der Waals surface area contributed by atoms with Gasteiger partial charge in [0.15, 0.2) is 0 Å². The van der Waals surface area contributed by atoms with Crippen molar-refractivity contribution in [2.75, 3.05) is 5.32 Å². The molecule has 3 amide bonds. The molecule has 0 aliphatic heterocycles. The van der Waals surface area contributed by atoms with Gasteiger partial charge in [-0.15, -0.1) is 0 Å². The highest BCUT2D eigenvalue weighted by molar-refractivity contribution is 6.06. The van der Waals surface area contributed by atoms with Gasteiger partial charge in [0.1, 0.15) is 0 Å². The monoisotopic (exact) mass is 377 g/mol. The smallest absolute Gasteiger partial charge is 0.255 e. The van der Waals surface area contributed by atoms with Crippen LogP contribution in [0.1, 0.15) is 42.5 Å². The summed E-state index contributed by atoms with van der Waals surface area (Å²) in [5.41, 5.74) is 14.0. The molecule has 8 heteroatoms. The summed E-state index contributed by atoms with van der Waals surface area (Å²) in [4.78, 5) is 35.4. The molecule has 28 heavy (non-hydrogen) atoms. The van der Waals surface area contributed by atoms with Crippen molar-refractivity contribution in [2.24, 2.45) is 11.5 Å². The maximum Gasteiger partial charge on any atom is 0.255 e. The van der Waals surface area contributed by atoms with Crippen LogP contribution >= 0.6 is 0 Å². The third-order valence-electron chi connectivity index (χ3n) is 4.14. The molecule has 0 bridgehead atoms. The zero-order valence-corrected chi connectivity index (χ0v) is 15.4. The van der Waals surface area contributed by atoms with Crippen LogP contribution in [0.15, 0.2) is 48.5 Å². The van der Waals surface area contributed by atoms with Gasteiger partial charge in [0.2, 0.25) is 11.8 Å². The molecule has 0 atom stereocenters. The number of hydrogen-bond donors (Lipinski definition) is 3. The highest BCUT2D eigenvalue weighted by atomic mass is 16.2. The number of nitrogens with one attached hydrogen (secondary N) is 1. The molecule has 142 valence electrons. The standard InChI is InChI=1S/C20H19N5O3/c1-11-7-12(2)25(24-11)17-5-3-13(4-6-17)20(28)23-16-9-14(18(21)26)8-15(10-16)19(22)27/h3-10H,1-2H3,(H2,21,26)(H2,22,27)(H,23,28). The number of aromatic nitrogens is 2. The van der Waals surface area contributed by atoms with Gasteiger partial charge in [-0.05, 0) is 62.4 Å². The number of anilines is 1. The Labute approximate surface area is 161 Å². The lowest BCUT2D eigenvalue weighted by atomic mass is 10.1. The van der Waals surface area contributed by atoms with E-state index in [1.54, 1.807) is 28.9 Å². The molecular formula is C20H19N5O3. The van der Waals surface area contributed by atoms with Gasteiger partial charge >= 0.3 is 0 Å². The molecule has 8 nitrogen and oxygen atoms in total. The number of nitrogens with two attached hydrogens (primary N) is 2. The number of carbonyl (C=O) groups is 3. The highest BCUT2D eigenvalue weighted by Crippen LogP contribution is 2.17. The first-order valence-electron chi connectivity index (χ1n) is 8.44. The van der Waals surface area contributed by atoms with E-state index in [2.05, 4.69) is 10.4 Å². The number of primary amides is 2. The second kappa shape index (κ2) is 7.36. The summed E-state index contributed by atoms with van der Waals surface area (Å²) < 4.78 is 1.78. The number of hydrogen-bond acceptors (Lipinski definition) is 4. The van der Waals surface area contributed by atoms with E-state index in [4.69, 9.17) is 11.5 Å². The van der Waals surface area contributed by atoms with Crippen LogP contribution < -0.4 is 16.8 Å². The third kappa shape index (κ3) is 3.90. The van der Waals surface area contributed by atoms with E-state index in [-0.39, 0.29) is 16.8 Å². The van der Waals surface area contributed by atoms with Gasteiger partial charge < -0.3 is 16.8 Å². The number of carbonyl (C=O) groups excluding carboxylic acids is 3. The number of amides is 3. The molecule has 0 aliphatic rings. The second-order valence-electron chi connectivity index (χ2n) is 6.37. The van der Waals surface area contributed by atoms with Gasteiger partial charge in [-0.25, -0.2) is 4.68 Å². The average Bonchev–Trinajstić information content (AvgIpc) is 2.99. The Bertz CT molecular complexity index is 1050. The molecule has 0 spiro atoms. The van der Waals surface area contributed by atoms with E-state index < -0.39 is 17.7 Å². The maximum atomic E-state index is 12.5. The molecule has 0 fully saturated rings. The summed E-state index contributed by atoms with van der Waals surface area (Å²) in [6, 6.07) is 12.9. The highest BCUT2D eigenvalue weighted by Gasteiger charge is 2.13. The summed E-state index contributed by atoms with van der Waals surface area (Å²) >= 11 is 0. The molecule has 2 aromatic carbocycles. The van der Waals surface area contributed by atoms with Crippen LogP contribution in [-0.2, 0) is 0 Å². The number of benzene rings is 2. The molecule has 0 saturated carbocycles. The predicted molar refractivity (Wildman–Crippen MR) is 104 cm³/mol. The fourth-order valence-electron chi connectivity index (χ4n) is 2.83. The Kier molecular flexibility index (Phi) is 4.95. The lowest BCUT2D eigenvalue weighted by Crippen LogP contribution is -2.18. The number of nitrogens with zero attached hydrogens (tertiary/aromatic N) is 2. The van der Waals surface area contributed by atoms with Crippen LogP contribution in [-0.4, -0.2) is 27.5 Å². The van der Waals surface area contributed by atoms with Gasteiger partial charge in [-0.3, -0.25) is 14.4 Å². The quantitative estimate of drug-likeness (QED) is 0.626. The average molecular weight is 377 g/mol. The van der Waals surface area contributed by atoms with Crippen LogP contribution in [0.3, 0.4) is 0 Å². The van der Waals surface area contributed by atoms with Crippen LogP contribution in [0.2, 0.25) is 0 Å². The Hall–Kier alpha value is -3.94. The summed E-state index contributed by atoms with van der Waals surface area (Å²) in [7, 11) is 0. The van der Waals surface area contributed by atoms with Crippen LogP contribution in [0.25, 0.3) is 5.69 Å². The summed E-state index contributed by atoms with van der Waals surface area (Å²) in [5, 5.41) is 7.05. The Balaban J connectivity index is 1.84. The molecular weight excluding hydrogens is 358 g/mol. The fraction of sp³-hybridized carbons (Fsp3) is 0.100. The first-order chi connectivity index (χ1) is 13.2. The first kappa shape index (κ1) is 18.8. The van der Waals surface area contributed by atoms with Crippen molar-refractivity contribution in [1.82, 2.24) is 9.78 Å². The van der Waals surface area contributed by atoms with Crippen molar-refractivity contribution in [3.05, 3.63) is 76.6 Å². The predicted octanol–water partition coefficient (Wildman–Crippen LogP) is 1.94. The zero-order chi connectivity index (χ0) is 20.4. The summed E-state index contributed by atoms with van der Waals surface area (Å²) in [6.45, 7) is 3.86. The Morgan fingerprint density at radius 2 is 1.43 bits per heavy atom. The Morgan fingerprint density at radius 1 is 0.857 bits per heavy atom. The second-order valence-corrected chi connectivity index (χ2v) is 6.37. The van der Waals surface area contributed by atoms with Gasteiger partial charge in [-0.2, -0.15) is 5.10 Å². The van der Waals surface area contributed by atoms with Gasteiger partial charge in [0.25, 0.3) is 5.91 Å². The number of rotatable bonds is 5. The molecule has 0 unspecified atom stereocenters. The Morgan fingerprint density at radius 3 is 1.89 bits per heavy atom. The van der Waals surface area contributed by atoms with Gasteiger partial charge in [0, 0.05) is 28.1 Å². The van der Waals surface area contributed by atoms with Crippen LogP contribution in [0.5, 0.6) is 0 Å². The van der Waals surface area contributed by atoms with Crippen molar-refractivity contribution in [3.8, 4) is 5.69 Å². The third-order valence-corrected chi connectivity index (χ3v) is 4.14. The van der Waals surface area contributed by atoms with Crippen LogP contribution in [0.4, 0.5) is 5.69 Å². The zero-order valence-electron chi connectivity index (χ0n) is 15.4. The minimum absolute atomic E-state index is 0.0754. The first-order valence-corrected chi connectivity index (χ1v) is 8.44. The van der Waals surface area contributed by atoms with E-state index >= 15 is 0 Å². The maximum absolute atomic E-state index is 12.5. The minimum atomic E-state index is -0.729. The molecule has 3 aromatic rings. The fourth-order valence-corrected chi connectivity index (χ4v) is 2.83. The van der Waals surface area contributed by atoms with E-state index in [1.807, 2.05) is 19.9 Å². The lowest BCUT2D eigenvalue weighted by Gasteiger charge is -2.09. The SMILES string of the molecule is Cc1cc(C)n(-c2ccc(C(=O)Nc3cc(C(N)=O)cc(C(N)=O)c3)cc2)n1. The van der Waals surface area contributed by atoms with Crippen molar-refractivity contribution in [1.29, 1.82) is 0 Å². The van der Waals surface area contributed by atoms with Crippen molar-refractivity contribution in [3.63, 3.8) is 0 Å². The normalized spacial score (nSPS) is 10.5.